The number of hydrogen-bond donors (Lipinski definition) is 1. The maximum Gasteiger partial charge on any atom is 0.270 e. The number of hydrogen-bond acceptors (Lipinski definition) is 3. The van der Waals surface area contributed by atoms with Gasteiger partial charge in [-0.15, -0.1) is 0 Å². The van der Waals surface area contributed by atoms with Gasteiger partial charge in [0.1, 0.15) is 23.0 Å². The number of nitrogens with zero attached hydrogens (tertiary/aromatic N) is 2. The molecule has 0 radical (unpaired) electrons. The minimum Gasteiger partial charge on any atom is -0.497 e. The van der Waals surface area contributed by atoms with Gasteiger partial charge in [0, 0.05) is 17.7 Å². The predicted octanol–water partition coefficient (Wildman–Crippen LogP) is 6.91. The average Bonchev–Trinajstić information content (AvgIpc) is 3.32. The number of carbonyl (C=O) groups excluding carboxylic acids is 1. The van der Waals surface area contributed by atoms with Crippen molar-refractivity contribution in [3.63, 3.8) is 0 Å². The summed E-state index contributed by atoms with van der Waals surface area (Å²) in [6, 6.07) is 27.9. The van der Waals surface area contributed by atoms with Crippen LogP contribution in [0.25, 0.3) is 22.6 Å². The summed E-state index contributed by atoms with van der Waals surface area (Å²) < 4.78 is 7.47. The van der Waals surface area contributed by atoms with E-state index in [9.17, 15) is 4.79 Å². The number of benzene rings is 3. The van der Waals surface area contributed by atoms with Crippen LogP contribution in [0, 0.1) is 0 Å². The van der Waals surface area contributed by atoms with E-state index in [1.54, 1.807) is 7.11 Å². The summed E-state index contributed by atoms with van der Waals surface area (Å²) in [5, 5.41) is 3.33. The third kappa shape index (κ3) is 5.46. The van der Waals surface area contributed by atoms with Gasteiger partial charge in [0.25, 0.3) is 5.91 Å². The maximum atomic E-state index is 14.0. The molecule has 0 aliphatic carbocycles. The molecule has 35 heavy (non-hydrogen) atoms. The van der Waals surface area contributed by atoms with Crippen LogP contribution in [-0.4, -0.2) is 22.6 Å². The first-order valence-corrected chi connectivity index (χ1v) is 12.3. The molecular weight excluding hydrogens is 434 g/mol. The number of amides is 1. The molecule has 4 aromatic rings. The van der Waals surface area contributed by atoms with Gasteiger partial charge in [0.05, 0.1) is 13.2 Å². The summed E-state index contributed by atoms with van der Waals surface area (Å²) >= 11 is 0. The zero-order valence-electron chi connectivity index (χ0n) is 20.7. The van der Waals surface area contributed by atoms with E-state index < -0.39 is 0 Å². The van der Waals surface area contributed by atoms with Crippen LogP contribution in [-0.2, 0) is 6.54 Å². The van der Waals surface area contributed by atoms with E-state index >= 15 is 0 Å². The molecular formula is C30H33N3O2. The SMILES string of the molecule is CCCCC(NC(=O)c1c(-c2cccc(OC)c2)nc(-c2ccccc2)n1CC)c1ccccc1. The first-order valence-electron chi connectivity index (χ1n) is 12.3. The van der Waals surface area contributed by atoms with Crippen LogP contribution >= 0.6 is 0 Å². The normalized spacial score (nSPS) is 11.7. The molecule has 0 saturated heterocycles. The number of carbonyl (C=O) groups is 1. The number of aromatic nitrogens is 2. The predicted molar refractivity (Wildman–Crippen MR) is 141 cm³/mol. The molecule has 0 fully saturated rings. The van der Waals surface area contributed by atoms with Crippen LogP contribution < -0.4 is 10.1 Å². The van der Waals surface area contributed by atoms with Crippen molar-refractivity contribution in [3.8, 4) is 28.4 Å². The Morgan fingerprint density at radius 2 is 1.63 bits per heavy atom. The lowest BCUT2D eigenvalue weighted by molar-refractivity contribution is 0.0925. The lowest BCUT2D eigenvalue weighted by Crippen LogP contribution is -2.31. The van der Waals surface area contributed by atoms with Crippen molar-refractivity contribution in [1.82, 2.24) is 14.9 Å². The van der Waals surface area contributed by atoms with Crippen molar-refractivity contribution in [3.05, 3.63) is 96.2 Å². The molecule has 1 heterocycles. The first-order chi connectivity index (χ1) is 17.2. The molecule has 3 aromatic carbocycles. The Kier molecular flexibility index (Phi) is 7.99. The summed E-state index contributed by atoms with van der Waals surface area (Å²) in [6.45, 7) is 4.84. The molecule has 1 aromatic heterocycles. The number of rotatable bonds is 10. The fraction of sp³-hybridized carbons (Fsp3) is 0.267. The molecule has 5 nitrogen and oxygen atoms in total. The minimum atomic E-state index is -0.121. The summed E-state index contributed by atoms with van der Waals surface area (Å²) in [6.07, 6.45) is 2.98. The van der Waals surface area contributed by atoms with Crippen molar-refractivity contribution in [2.24, 2.45) is 0 Å². The van der Waals surface area contributed by atoms with E-state index in [0.29, 0.717) is 17.9 Å². The molecule has 0 spiro atoms. The van der Waals surface area contributed by atoms with Crippen molar-refractivity contribution >= 4 is 5.91 Å². The van der Waals surface area contributed by atoms with Crippen molar-refractivity contribution in [2.75, 3.05) is 7.11 Å². The first kappa shape index (κ1) is 24.3. The highest BCUT2D eigenvalue weighted by Crippen LogP contribution is 2.32. The highest BCUT2D eigenvalue weighted by molar-refractivity contribution is 6.00. The Balaban J connectivity index is 1.82. The molecule has 1 unspecified atom stereocenters. The lowest BCUT2D eigenvalue weighted by atomic mass is 10.0. The quantitative estimate of drug-likeness (QED) is 0.276. The third-order valence-corrected chi connectivity index (χ3v) is 6.23. The van der Waals surface area contributed by atoms with E-state index in [4.69, 9.17) is 9.72 Å². The fourth-order valence-electron chi connectivity index (χ4n) is 4.41. The lowest BCUT2D eigenvalue weighted by Gasteiger charge is -2.20. The molecule has 5 heteroatoms. The van der Waals surface area contributed by atoms with Gasteiger partial charge in [0.15, 0.2) is 0 Å². The molecule has 0 aliphatic heterocycles. The Morgan fingerprint density at radius 1 is 0.943 bits per heavy atom. The average molecular weight is 468 g/mol. The van der Waals surface area contributed by atoms with Gasteiger partial charge in [-0.1, -0.05) is 92.6 Å². The number of nitrogens with one attached hydrogen (secondary N) is 1. The molecule has 1 atom stereocenters. The summed E-state index contributed by atoms with van der Waals surface area (Å²) in [4.78, 5) is 19.0. The van der Waals surface area contributed by atoms with Crippen LogP contribution in [0.15, 0.2) is 84.9 Å². The number of imidazole rings is 1. The summed E-state index contributed by atoms with van der Waals surface area (Å²) in [5.41, 5.74) is 4.16. The molecule has 0 bridgehead atoms. The van der Waals surface area contributed by atoms with Crippen LogP contribution in [0.4, 0.5) is 0 Å². The van der Waals surface area contributed by atoms with Crippen LogP contribution in [0.3, 0.4) is 0 Å². The Hall–Kier alpha value is -3.86. The third-order valence-electron chi connectivity index (χ3n) is 6.23. The van der Waals surface area contributed by atoms with E-state index in [-0.39, 0.29) is 11.9 Å². The van der Waals surface area contributed by atoms with Gasteiger partial charge >= 0.3 is 0 Å². The molecule has 1 amide bonds. The molecule has 180 valence electrons. The second-order valence-electron chi connectivity index (χ2n) is 8.55. The van der Waals surface area contributed by atoms with E-state index in [2.05, 4.69) is 24.4 Å². The summed E-state index contributed by atoms with van der Waals surface area (Å²) in [7, 11) is 1.64. The molecule has 0 saturated carbocycles. The minimum absolute atomic E-state index is 0.0674. The Labute approximate surface area is 207 Å². The van der Waals surface area contributed by atoms with Gasteiger partial charge in [-0.3, -0.25) is 4.79 Å². The van der Waals surface area contributed by atoms with Gasteiger partial charge in [0.2, 0.25) is 0 Å². The van der Waals surface area contributed by atoms with E-state index in [1.807, 2.05) is 84.3 Å². The maximum absolute atomic E-state index is 14.0. The topological polar surface area (TPSA) is 56.1 Å². The zero-order valence-corrected chi connectivity index (χ0v) is 20.7. The standard InChI is InChI=1S/C30H33N3O2/c1-4-6-20-26(22-14-9-7-10-15-22)31-30(34)28-27(24-18-13-19-25(21-24)35-3)32-29(33(28)5-2)23-16-11-8-12-17-23/h7-19,21,26H,4-6,20H2,1-3H3,(H,31,34). The van der Waals surface area contributed by atoms with Crippen molar-refractivity contribution < 1.29 is 9.53 Å². The monoisotopic (exact) mass is 467 g/mol. The van der Waals surface area contributed by atoms with Gasteiger partial charge in [-0.2, -0.15) is 0 Å². The fourth-order valence-corrected chi connectivity index (χ4v) is 4.41. The van der Waals surface area contributed by atoms with Crippen molar-refractivity contribution in [1.29, 1.82) is 0 Å². The highest BCUT2D eigenvalue weighted by atomic mass is 16.5. The number of unbranched alkanes of at least 4 members (excludes halogenated alkanes) is 1. The number of methoxy groups -OCH3 is 1. The van der Waals surface area contributed by atoms with Gasteiger partial charge < -0.3 is 14.6 Å². The van der Waals surface area contributed by atoms with Crippen LogP contribution in [0.1, 0.15) is 55.2 Å². The Bertz CT molecular complexity index is 1250. The van der Waals surface area contributed by atoms with Crippen molar-refractivity contribution in [2.45, 2.75) is 45.7 Å². The molecule has 4 rings (SSSR count). The largest absolute Gasteiger partial charge is 0.497 e. The summed E-state index contributed by atoms with van der Waals surface area (Å²) in [5.74, 6) is 1.39. The Morgan fingerprint density at radius 3 is 2.29 bits per heavy atom. The van der Waals surface area contributed by atoms with Crippen LogP contribution in [0.2, 0.25) is 0 Å². The molecule has 0 aliphatic rings. The van der Waals surface area contributed by atoms with Crippen LogP contribution in [0.5, 0.6) is 5.75 Å². The van der Waals surface area contributed by atoms with E-state index in [0.717, 1.165) is 47.5 Å². The smallest absolute Gasteiger partial charge is 0.270 e. The van der Waals surface area contributed by atoms with Gasteiger partial charge in [-0.25, -0.2) is 4.98 Å². The number of ether oxygens (including phenoxy) is 1. The second kappa shape index (κ2) is 11.5. The van der Waals surface area contributed by atoms with E-state index in [1.165, 1.54) is 0 Å². The molecule has 1 N–H and O–H groups in total. The zero-order chi connectivity index (χ0) is 24.6. The second-order valence-corrected chi connectivity index (χ2v) is 8.55. The van der Waals surface area contributed by atoms with Gasteiger partial charge in [-0.05, 0) is 31.0 Å². The highest BCUT2D eigenvalue weighted by Gasteiger charge is 2.26.